The lowest BCUT2D eigenvalue weighted by Gasteiger charge is -2.17. The van der Waals surface area contributed by atoms with Crippen LogP contribution < -0.4 is 21.8 Å². The molecule has 2 heterocycles. The van der Waals surface area contributed by atoms with Crippen molar-refractivity contribution >= 4 is 30.4 Å². The van der Waals surface area contributed by atoms with Gasteiger partial charge in [0.1, 0.15) is 12.5 Å². The minimum Gasteiger partial charge on any atom is -0.451 e. The minimum atomic E-state index is -1.24. The number of pyridine rings is 1. The molecule has 11 heteroatoms. The van der Waals surface area contributed by atoms with Gasteiger partial charge >= 0.3 is 0 Å². The number of hydrogen-bond donors (Lipinski definition) is 2. The lowest BCUT2D eigenvalue weighted by Crippen LogP contribution is -2.22. The number of ether oxygens (including phenoxy) is 2. The van der Waals surface area contributed by atoms with Crippen LogP contribution in [0.25, 0.3) is 22.0 Å². The van der Waals surface area contributed by atoms with Crippen molar-refractivity contribution in [3.8, 4) is 22.6 Å². The average Bonchev–Trinajstić information content (AvgIpc) is 3.23. The standard InChI is InChI=1S/C25H29F2N5O3Si/c1-31-12-17(18-13-32(30-23(18)25(31)33)14-34-9-10-36(2,3)4)16-6-7-20(28)22(29)24(16)35-21-8-5-15(26)11-19(21)27/h5-8,11-13H,9-10,14,28-29H2,1-4H3. The van der Waals surface area contributed by atoms with Crippen LogP contribution in [0, 0.1) is 11.6 Å². The molecule has 0 saturated carbocycles. The fourth-order valence-corrected chi connectivity index (χ4v) is 4.44. The second kappa shape index (κ2) is 9.74. The fourth-order valence-electron chi connectivity index (χ4n) is 3.69. The summed E-state index contributed by atoms with van der Waals surface area (Å²) < 4.78 is 42.4. The largest absolute Gasteiger partial charge is 0.451 e. The Bertz CT molecular complexity index is 1490. The molecule has 36 heavy (non-hydrogen) atoms. The molecule has 0 saturated heterocycles. The van der Waals surface area contributed by atoms with Crippen molar-refractivity contribution in [2.75, 3.05) is 18.1 Å². The summed E-state index contributed by atoms with van der Waals surface area (Å²) in [6, 6.07) is 7.24. The van der Waals surface area contributed by atoms with Crippen molar-refractivity contribution in [2.45, 2.75) is 32.4 Å². The number of halogens is 2. The molecule has 0 bridgehead atoms. The van der Waals surface area contributed by atoms with Gasteiger partial charge in [-0.1, -0.05) is 19.6 Å². The van der Waals surface area contributed by atoms with Crippen LogP contribution in [0.4, 0.5) is 20.2 Å². The van der Waals surface area contributed by atoms with Gasteiger partial charge in [0.05, 0.1) is 11.4 Å². The van der Waals surface area contributed by atoms with Crippen molar-refractivity contribution in [2.24, 2.45) is 7.05 Å². The maximum absolute atomic E-state index is 14.4. The Hall–Kier alpha value is -3.70. The molecule has 8 nitrogen and oxygen atoms in total. The first-order chi connectivity index (χ1) is 16.9. The van der Waals surface area contributed by atoms with E-state index in [-0.39, 0.29) is 40.7 Å². The molecule has 0 aliphatic carbocycles. The van der Waals surface area contributed by atoms with Gasteiger partial charge in [-0.15, -0.1) is 0 Å². The van der Waals surface area contributed by atoms with Crippen molar-refractivity contribution in [3.05, 3.63) is 64.7 Å². The molecule has 190 valence electrons. The molecular formula is C25H29F2N5O3Si. The molecule has 4 N–H and O–H groups in total. The second-order valence-corrected chi connectivity index (χ2v) is 15.5. The Morgan fingerprint density at radius 2 is 1.81 bits per heavy atom. The first kappa shape index (κ1) is 25.4. The highest BCUT2D eigenvalue weighted by Crippen LogP contribution is 2.43. The monoisotopic (exact) mass is 513 g/mol. The summed E-state index contributed by atoms with van der Waals surface area (Å²) in [4.78, 5) is 12.9. The van der Waals surface area contributed by atoms with E-state index in [0.29, 0.717) is 29.2 Å². The predicted octanol–water partition coefficient (Wildman–Crippen LogP) is 4.95. The number of hydrogen-bond acceptors (Lipinski definition) is 6. The van der Waals surface area contributed by atoms with Crippen LogP contribution >= 0.6 is 0 Å². The number of benzene rings is 2. The average molecular weight is 514 g/mol. The molecule has 4 rings (SSSR count). The number of nitrogens with two attached hydrogens (primary N) is 2. The highest BCUT2D eigenvalue weighted by Gasteiger charge is 2.21. The Labute approximate surface area is 208 Å². The van der Waals surface area contributed by atoms with Crippen LogP contribution in [0.1, 0.15) is 0 Å². The van der Waals surface area contributed by atoms with Gasteiger partial charge in [0.15, 0.2) is 22.8 Å². The van der Waals surface area contributed by atoms with E-state index in [1.807, 2.05) is 0 Å². The molecule has 0 amide bonds. The van der Waals surface area contributed by atoms with Gasteiger partial charge in [0.25, 0.3) is 5.56 Å². The first-order valence-corrected chi connectivity index (χ1v) is 15.1. The van der Waals surface area contributed by atoms with Crippen molar-refractivity contribution in [3.63, 3.8) is 0 Å². The topological polar surface area (TPSA) is 110 Å². The van der Waals surface area contributed by atoms with Crippen molar-refractivity contribution in [1.82, 2.24) is 14.3 Å². The Balaban J connectivity index is 1.79. The SMILES string of the molecule is Cn1cc(-c2ccc(N)c(N)c2Oc2ccc(F)cc2F)c2cn(COCC[Si](C)(C)C)nc2c1=O. The van der Waals surface area contributed by atoms with Gasteiger partial charge < -0.3 is 25.5 Å². The summed E-state index contributed by atoms with van der Waals surface area (Å²) in [7, 11) is 0.363. The highest BCUT2D eigenvalue weighted by atomic mass is 28.3. The van der Waals surface area contributed by atoms with Gasteiger partial charge in [-0.2, -0.15) is 5.10 Å². The predicted molar refractivity (Wildman–Crippen MR) is 140 cm³/mol. The van der Waals surface area contributed by atoms with Gasteiger partial charge in [-0.25, -0.2) is 13.5 Å². The Morgan fingerprint density at radius 3 is 2.50 bits per heavy atom. The quantitative estimate of drug-likeness (QED) is 0.196. The summed E-state index contributed by atoms with van der Waals surface area (Å²) in [6.45, 7) is 7.60. The number of nitrogens with zero attached hydrogens (tertiary/aromatic N) is 3. The maximum atomic E-state index is 14.4. The molecule has 0 atom stereocenters. The molecule has 2 aromatic heterocycles. The van der Waals surface area contributed by atoms with E-state index < -0.39 is 19.7 Å². The van der Waals surface area contributed by atoms with Gasteiger partial charge in [-0.3, -0.25) is 4.79 Å². The van der Waals surface area contributed by atoms with Crippen LogP contribution in [0.2, 0.25) is 25.7 Å². The molecule has 0 aliphatic rings. The van der Waals surface area contributed by atoms with Crippen LogP contribution in [0.5, 0.6) is 11.5 Å². The second-order valence-electron chi connectivity index (χ2n) is 9.86. The highest BCUT2D eigenvalue weighted by molar-refractivity contribution is 6.76. The lowest BCUT2D eigenvalue weighted by atomic mass is 10.0. The van der Waals surface area contributed by atoms with Gasteiger partial charge in [0.2, 0.25) is 0 Å². The lowest BCUT2D eigenvalue weighted by molar-refractivity contribution is 0.0791. The molecule has 0 unspecified atom stereocenters. The maximum Gasteiger partial charge on any atom is 0.278 e. The number of aromatic nitrogens is 3. The van der Waals surface area contributed by atoms with Crippen LogP contribution in [0.15, 0.2) is 47.5 Å². The van der Waals surface area contributed by atoms with E-state index in [4.69, 9.17) is 20.9 Å². The molecule has 0 spiro atoms. The number of rotatable bonds is 8. The zero-order valence-corrected chi connectivity index (χ0v) is 21.6. The van der Waals surface area contributed by atoms with E-state index in [9.17, 15) is 13.6 Å². The number of nitrogen functional groups attached to an aromatic ring is 2. The first-order valence-electron chi connectivity index (χ1n) is 11.4. The number of fused-ring (bicyclic) bond motifs is 1. The summed E-state index contributed by atoms with van der Waals surface area (Å²) in [5.74, 6) is -1.77. The third kappa shape index (κ3) is 5.26. The van der Waals surface area contributed by atoms with Crippen molar-refractivity contribution in [1.29, 1.82) is 0 Å². The van der Waals surface area contributed by atoms with Crippen molar-refractivity contribution < 1.29 is 18.3 Å². The van der Waals surface area contributed by atoms with Gasteiger partial charge in [0, 0.05) is 56.7 Å². The van der Waals surface area contributed by atoms with Crippen LogP contribution in [-0.4, -0.2) is 29.0 Å². The van der Waals surface area contributed by atoms with E-state index in [1.54, 1.807) is 36.3 Å². The van der Waals surface area contributed by atoms with Crippen LogP contribution in [0.3, 0.4) is 0 Å². The molecule has 4 aromatic rings. The fraction of sp³-hybridized carbons (Fsp3) is 0.280. The molecular weight excluding hydrogens is 484 g/mol. The summed E-state index contributed by atoms with van der Waals surface area (Å²) in [5, 5.41) is 4.98. The van der Waals surface area contributed by atoms with E-state index in [2.05, 4.69) is 24.7 Å². The minimum absolute atomic E-state index is 0.0830. The van der Waals surface area contributed by atoms with E-state index in [1.165, 1.54) is 10.6 Å². The smallest absolute Gasteiger partial charge is 0.278 e. The summed E-state index contributed by atoms with van der Waals surface area (Å²) in [6.07, 6.45) is 3.34. The summed E-state index contributed by atoms with van der Waals surface area (Å²) in [5.41, 5.74) is 13.5. The van der Waals surface area contributed by atoms with E-state index in [0.717, 1.165) is 12.1 Å². The third-order valence-corrected chi connectivity index (χ3v) is 7.45. The van der Waals surface area contributed by atoms with Crippen LogP contribution in [-0.2, 0) is 18.5 Å². The molecule has 0 radical (unpaired) electrons. The zero-order valence-electron chi connectivity index (χ0n) is 20.6. The zero-order chi connectivity index (χ0) is 26.2. The normalized spacial score (nSPS) is 11.8. The Morgan fingerprint density at radius 1 is 1.06 bits per heavy atom. The number of anilines is 2. The summed E-state index contributed by atoms with van der Waals surface area (Å²) >= 11 is 0. The number of aryl methyl sites for hydroxylation is 1. The van der Waals surface area contributed by atoms with Gasteiger partial charge in [-0.05, 0) is 30.3 Å². The molecule has 0 fully saturated rings. The third-order valence-electron chi connectivity index (χ3n) is 5.74. The molecule has 0 aliphatic heterocycles. The molecule has 2 aromatic carbocycles. The Kier molecular flexibility index (Phi) is 6.87. The van der Waals surface area contributed by atoms with E-state index >= 15 is 0 Å².